The predicted octanol–water partition coefficient (Wildman–Crippen LogP) is 5.96. The summed E-state index contributed by atoms with van der Waals surface area (Å²) < 4.78 is 11.2. The number of anilines is 1. The number of hydrazine groups is 1. The van der Waals surface area contributed by atoms with E-state index in [1.807, 2.05) is 69.4 Å². The van der Waals surface area contributed by atoms with Gasteiger partial charge >= 0.3 is 0 Å². The Hall–Kier alpha value is -3.90. The van der Waals surface area contributed by atoms with E-state index in [1.165, 1.54) is 0 Å². The number of aromatic nitrogens is 1. The minimum Gasteiger partial charge on any atom is -0.487 e. The number of rotatable bonds is 11. The van der Waals surface area contributed by atoms with Crippen LogP contribution >= 0.6 is 0 Å². The first kappa shape index (κ1) is 24.7. The van der Waals surface area contributed by atoms with Gasteiger partial charge in [0.25, 0.3) is 0 Å². The van der Waals surface area contributed by atoms with E-state index >= 15 is 0 Å². The number of nitrogens with two attached hydrogens (primary N) is 1. The number of aliphatic imine (C=N–C) groups is 1. The Balaban J connectivity index is 1.56. The molecule has 0 aliphatic rings. The average molecular weight is 457 g/mol. The van der Waals surface area contributed by atoms with E-state index in [0.29, 0.717) is 25.6 Å². The van der Waals surface area contributed by atoms with Crippen molar-refractivity contribution in [3.8, 4) is 22.8 Å². The lowest BCUT2D eigenvalue weighted by molar-refractivity contribution is 0.327. The molecule has 0 fully saturated rings. The molecule has 0 aliphatic heterocycles. The maximum Gasteiger partial charge on any atom is 0.213 e. The number of hydrogen-bond acceptors (Lipinski definition) is 6. The van der Waals surface area contributed by atoms with Crippen molar-refractivity contribution in [1.82, 2.24) is 4.98 Å². The van der Waals surface area contributed by atoms with Gasteiger partial charge in [0, 0.05) is 24.0 Å². The van der Waals surface area contributed by atoms with Crippen molar-refractivity contribution < 1.29 is 9.47 Å². The fourth-order valence-electron chi connectivity index (χ4n) is 3.15. The van der Waals surface area contributed by atoms with E-state index in [9.17, 15) is 0 Å². The van der Waals surface area contributed by atoms with E-state index in [4.69, 9.17) is 15.3 Å². The average Bonchev–Trinajstić information content (AvgIpc) is 2.85. The molecule has 6 heteroatoms. The van der Waals surface area contributed by atoms with Crippen molar-refractivity contribution in [1.29, 1.82) is 0 Å². The maximum absolute atomic E-state index is 6.32. The van der Waals surface area contributed by atoms with Crippen molar-refractivity contribution in [2.75, 3.05) is 18.2 Å². The van der Waals surface area contributed by atoms with Crippen LogP contribution in [0.25, 0.3) is 11.1 Å². The molecule has 1 heterocycles. The molecule has 0 bridgehead atoms. The van der Waals surface area contributed by atoms with Gasteiger partial charge in [0.1, 0.15) is 12.4 Å². The molecular formula is C28H32N4O2. The Morgan fingerprint density at radius 1 is 1.03 bits per heavy atom. The second-order valence-corrected chi connectivity index (χ2v) is 7.81. The summed E-state index contributed by atoms with van der Waals surface area (Å²) in [5.41, 5.74) is 5.89. The zero-order chi connectivity index (χ0) is 24.3. The molecule has 0 radical (unpaired) electrons. The van der Waals surface area contributed by atoms with Gasteiger partial charge in [-0.05, 0) is 67.8 Å². The molecular weight excluding hydrogens is 424 g/mol. The lowest BCUT2D eigenvalue weighted by atomic mass is 10.1. The summed E-state index contributed by atoms with van der Waals surface area (Å²) in [6.07, 6.45) is 5.48. The third-order valence-electron chi connectivity index (χ3n) is 5.01. The lowest BCUT2D eigenvalue weighted by Gasteiger charge is -2.19. The summed E-state index contributed by atoms with van der Waals surface area (Å²) in [4.78, 5) is 8.69. The van der Waals surface area contributed by atoms with Crippen molar-refractivity contribution >= 4 is 11.9 Å². The molecule has 2 aromatic carbocycles. The monoisotopic (exact) mass is 456 g/mol. The van der Waals surface area contributed by atoms with Crippen LogP contribution in [0, 0.1) is 0 Å². The third kappa shape index (κ3) is 7.32. The quantitative estimate of drug-likeness (QED) is 0.219. The van der Waals surface area contributed by atoms with Crippen LogP contribution in [0.1, 0.15) is 26.3 Å². The Morgan fingerprint density at radius 3 is 2.32 bits per heavy atom. The molecule has 0 amide bonds. The minimum absolute atomic E-state index is 0.391. The number of pyridine rings is 1. The Bertz CT molecular complexity index is 1120. The maximum atomic E-state index is 6.32. The van der Waals surface area contributed by atoms with Gasteiger partial charge in [-0.1, -0.05) is 36.9 Å². The number of allylic oxidation sites excluding steroid dienone is 2. The van der Waals surface area contributed by atoms with Crippen LogP contribution in [0.3, 0.4) is 0 Å². The Morgan fingerprint density at radius 2 is 1.74 bits per heavy atom. The first-order valence-electron chi connectivity index (χ1n) is 11.3. The largest absolute Gasteiger partial charge is 0.487 e. The summed E-state index contributed by atoms with van der Waals surface area (Å²) >= 11 is 0. The number of hydrogen-bond donors (Lipinski definition) is 1. The van der Waals surface area contributed by atoms with Gasteiger partial charge in [-0.3, -0.25) is 4.99 Å². The van der Waals surface area contributed by atoms with E-state index in [-0.39, 0.29) is 0 Å². The van der Waals surface area contributed by atoms with Crippen molar-refractivity contribution in [2.24, 2.45) is 10.8 Å². The normalized spacial score (nSPS) is 11.5. The second-order valence-electron chi connectivity index (χ2n) is 7.81. The second kappa shape index (κ2) is 12.4. The van der Waals surface area contributed by atoms with E-state index in [2.05, 4.69) is 40.8 Å². The lowest BCUT2D eigenvalue weighted by Crippen LogP contribution is -2.29. The number of ether oxygens (including phenoxy) is 2. The zero-order valence-corrected chi connectivity index (χ0v) is 20.1. The van der Waals surface area contributed by atoms with Crippen LogP contribution in [0.15, 0.2) is 95.8 Å². The van der Waals surface area contributed by atoms with Crippen LogP contribution in [0.2, 0.25) is 0 Å². The molecule has 176 valence electrons. The van der Waals surface area contributed by atoms with E-state index < -0.39 is 0 Å². The smallest absolute Gasteiger partial charge is 0.213 e. The van der Waals surface area contributed by atoms with Gasteiger partial charge in [0.05, 0.1) is 24.5 Å². The summed E-state index contributed by atoms with van der Waals surface area (Å²) in [7, 11) is 0. The molecule has 0 atom stereocenters. The molecule has 0 aliphatic carbocycles. The van der Waals surface area contributed by atoms with Crippen molar-refractivity contribution in [3.63, 3.8) is 0 Å². The molecule has 2 N–H and O–H groups in total. The molecule has 34 heavy (non-hydrogen) atoms. The van der Waals surface area contributed by atoms with Gasteiger partial charge < -0.3 is 14.5 Å². The van der Waals surface area contributed by atoms with Crippen LogP contribution < -0.4 is 20.3 Å². The zero-order valence-electron chi connectivity index (χ0n) is 20.1. The van der Waals surface area contributed by atoms with Crippen LogP contribution in [0.5, 0.6) is 11.6 Å². The summed E-state index contributed by atoms with van der Waals surface area (Å²) in [5, 5.41) is 1.71. The molecule has 0 unspecified atom stereocenters. The highest BCUT2D eigenvalue weighted by molar-refractivity contribution is 5.77. The fourth-order valence-corrected chi connectivity index (χ4v) is 3.15. The summed E-state index contributed by atoms with van der Waals surface area (Å²) in [5.74, 6) is 7.71. The van der Waals surface area contributed by atoms with E-state index in [1.54, 1.807) is 11.2 Å². The molecule has 0 saturated carbocycles. The SMILES string of the molecule is C=C(C)/C=N\C(=C/C)COc1ccc(N(N)Cc2ccc(-c3ccc(OCC)nc3)cc2)cc1. The molecule has 3 aromatic rings. The van der Waals surface area contributed by atoms with Crippen LogP contribution in [-0.2, 0) is 6.54 Å². The highest BCUT2D eigenvalue weighted by Gasteiger charge is 2.06. The molecule has 6 nitrogen and oxygen atoms in total. The molecule has 0 spiro atoms. The first-order chi connectivity index (χ1) is 16.5. The highest BCUT2D eigenvalue weighted by Crippen LogP contribution is 2.23. The Labute approximate surface area is 202 Å². The number of nitrogens with zero attached hydrogens (tertiary/aromatic N) is 3. The van der Waals surface area contributed by atoms with Gasteiger partial charge in [-0.2, -0.15) is 0 Å². The van der Waals surface area contributed by atoms with Gasteiger partial charge in [0.15, 0.2) is 0 Å². The standard InChI is InChI=1S/C28H32N4O2/c1-5-25(30-17-21(3)4)20-34-27-14-12-26(13-15-27)32(29)19-22-7-9-23(10-8-22)24-11-16-28(31-18-24)33-6-2/h5,7-18H,3,6,19-20,29H2,1-2,4H3/b25-5-,30-17-. The molecule has 1 aromatic heterocycles. The highest BCUT2D eigenvalue weighted by atomic mass is 16.5. The van der Waals surface area contributed by atoms with Crippen molar-refractivity contribution in [3.05, 3.63) is 96.3 Å². The number of benzene rings is 2. The van der Waals surface area contributed by atoms with Gasteiger partial charge in [0.2, 0.25) is 5.88 Å². The fraction of sp³-hybridized carbons (Fsp3) is 0.214. The van der Waals surface area contributed by atoms with Crippen molar-refractivity contribution in [2.45, 2.75) is 27.3 Å². The van der Waals surface area contributed by atoms with Gasteiger partial charge in [-0.15, -0.1) is 0 Å². The summed E-state index contributed by atoms with van der Waals surface area (Å²) in [6.45, 7) is 11.2. The Kier molecular flexibility index (Phi) is 9.00. The summed E-state index contributed by atoms with van der Waals surface area (Å²) in [6, 6.07) is 19.9. The van der Waals surface area contributed by atoms with E-state index in [0.717, 1.165) is 39.4 Å². The van der Waals surface area contributed by atoms with Gasteiger partial charge in [-0.25, -0.2) is 10.8 Å². The van der Waals surface area contributed by atoms with Crippen LogP contribution in [0.4, 0.5) is 5.69 Å². The molecule has 0 saturated heterocycles. The third-order valence-corrected chi connectivity index (χ3v) is 5.01. The predicted molar refractivity (Wildman–Crippen MR) is 140 cm³/mol. The molecule has 3 rings (SSSR count). The first-order valence-corrected chi connectivity index (χ1v) is 11.3. The topological polar surface area (TPSA) is 73.0 Å². The van der Waals surface area contributed by atoms with Crippen LogP contribution in [-0.4, -0.2) is 24.4 Å². The minimum atomic E-state index is 0.391.